The van der Waals surface area contributed by atoms with Crippen molar-refractivity contribution in [1.82, 2.24) is 24.7 Å². The lowest BCUT2D eigenvalue weighted by Crippen LogP contribution is -2.44. The van der Waals surface area contributed by atoms with Gasteiger partial charge in [0.2, 0.25) is 0 Å². The summed E-state index contributed by atoms with van der Waals surface area (Å²) in [5.41, 5.74) is 2.53. The summed E-state index contributed by atoms with van der Waals surface area (Å²) in [6.45, 7) is 8.82. The van der Waals surface area contributed by atoms with Gasteiger partial charge in [0.25, 0.3) is 5.91 Å². The molecule has 3 rings (SSSR count). The van der Waals surface area contributed by atoms with Crippen LogP contribution < -0.4 is 0 Å². The molecule has 2 aromatic rings. The van der Waals surface area contributed by atoms with E-state index < -0.39 is 0 Å². The maximum absolute atomic E-state index is 13.1. The molecule has 0 radical (unpaired) electrons. The summed E-state index contributed by atoms with van der Waals surface area (Å²) in [6, 6.07) is 0.293. The standard InChI is InChI=1S/C20H31N5O2/c1-6-17-18(14(3)22-27-17)20(26)23(4)12-15-9-8-10-25(7-2)19(15)16-11-21-24(5)13-16/h11,13,15,19H,6-10,12H2,1-5H3/t15-,19+/m0/s1. The molecule has 1 amide bonds. The lowest BCUT2D eigenvalue weighted by Gasteiger charge is -2.42. The Hall–Kier alpha value is -2.15. The van der Waals surface area contributed by atoms with E-state index in [1.54, 1.807) is 0 Å². The van der Waals surface area contributed by atoms with Crippen LogP contribution >= 0.6 is 0 Å². The van der Waals surface area contributed by atoms with Gasteiger partial charge in [-0.05, 0) is 38.8 Å². The van der Waals surface area contributed by atoms with E-state index in [2.05, 4.69) is 28.3 Å². The van der Waals surface area contributed by atoms with Crippen LogP contribution in [0, 0.1) is 12.8 Å². The van der Waals surface area contributed by atoms with E-state index >= 15 is 0 Å². The number of nitrogens with zero attached hydrogens (tertiary/aromatic N) is 5. The van der Waals surface area contributed by atoms with E-state index in [0.29, 0.717) is 41.9 Å². The normalized spacial score (nSPS) is 20.8. The molecule has 0 unspecified atom stereocenters. The highest BCUT2D eigenvalue weighted by Crippen LogP contribution is 2.36. The van der Waals surface area contributed by atoms with Gasteiger partial charge in [-0.3, -0.25) is 14.4 Å². The first-order valence-corrected chi connectivity index (χ1v) is 9.89. The SMILES string of the molecule is CCc1onc(C)c1C(=O)N(C)C[C@@H]1CCCN(CC)[C@H]1c1cnn(C)c1. The molecule has 0 N–H and O–H groups in total. The fourth-order valence-electron chi connectivity index (χ4n) is 4.33. The number of likely N-dealkylation sites (tertiary alicyclic amines) is 1. The molecule has 1 saturated heterocycles. The average Bonchev–Trinajstić information content (AvgIpc) is 3.25. The highest BCUT2D eigenvalue weighted by molar-refractivity contribution is 5.96. The number of aryl methyl sites for hydroxylation is 3. The smallest absolute Gasteiger partial charge is 0.259 e. The van der Waals surface area contributed by atoms with Crippen molar-refractivity contribution >= 4 is 5.91 Å². The fraction of sp³-hybridized carbons (Fsp3) is 0.650. The zero-order valence-electron chi connectivity index (χ0n) is 17.1. The first-order chi connectivity index (χ1) is 13.0. The van der Waals surface area contributed by atoms with Crippen molar-refractivity contribution in [3.63, 3.8) is 0 Å². The van der Waals surface area contributed by atoms with E-state index in [0.717, 1.165) is 25.9 Å². The molecule has 0 saturated carbocycles. The van der Waals surface area contributed by atoms with Gasteiger partial charge in [-0.25, -0.2) is 0 Å². The monoisotopic (exact) mass is 373 g/mol. The van der Waals surface area contributed by atoms with Crippen LogP contribution in [0.4, 0.5) is 0 Å². The van der Waals surface area contributed by atoms with E-state index in [4.69, 9.17) is 4.52 Å². The van der Waals surface area contributed by atoms with Crippen LogP contribution in [-0.2, 0) is 13.5 Å². The third kappa shape index (κ3) is 3.93. The summed E-state index contributed by atoms with van der Waals surface area (Å²) < 4.78 is 7.18. The molecule has 0 aromatic carbocycles. The summed E-state index contributed by atoms with van der Waals surface area (Å²) in [7, 11) is 3.84. The van der Waals surface area contributed by atoms with Gasteiger partial charge in [0.15, 0.2) is 0 Å². The lowest BCUT2D eigenvalue weighted by molar-refractivity contribution is 0.0587. The molecule has 0 spiro atoms. The third-order valence-corrected chi connectivity index (χ3v) is 5.66. The van der Waals surface area contributed by atoms with Crippen LogP contribution in [0.5, 0.6) is 0 Å². The van der Waals surface area contributed by atoms with E-state index in [-0.39, 0.29) is 5.91 Å². The van der Waals surface area contributed by atoms with Crippen molar-refractivity contribution in [2.75, 3.05) is 26.7 Å². The molecule has 7 nitrogen and oxygen atoms in total. The highest BCUT2D eigenvalue weighted by atomic mass is 16.5. The van der Waals surface area contributed by atoms with Crippen LogP contribution in [0.3, 0.4) is 0 Å². The van der Waals surface area contributed by atoms with E-state index in [9.17, 15) is 4.79 Å². The Morgan fingerprint density at radius 2 is 2.19 bits per heavy atom. The van der Waals surface area contributed by atoms with Crippen molar-refractivity contribution in [1.29, 1.82) is 0 Å². The van der Waals surface area contributed by atoms with Crippen molar-refractivity contribution in [3.05, 3.63) is 35.0 Å². The molecule has 27 heavy (non-hydrogen) atoms. The summed E-state index contributed by atoms with van der Waals surface area (Å²) in [6.07, 6.45) is 7.00. The molecule has 7 heteroatoms. The predicted octanol–water partition coefficient (Wildman–Crippen LogP) is 2.82. The van der Waals surface area contributed by atoms with Crippen LogP contribution in [0.2, 0.25) is 0 Å². The number of rotatable bonds is 6. The van der Waals surface area contributed by atoms with Crippen molar-refractivity contribution in [2.24, 2.45) is 13.0 Å². The van der Waals surface area contributed by atoms with Gasteiger partial charge < -0.3 is 9.42 Å². The number of hydrogen-bond donors (Lipinski definition) is 0. The number of hydrogen-bond acceptors (Lipinski definition) is 5. The number of aromatic nitrogens is 3. The zero-order chi connectivity index (χ0) is 19.6. The van der Waals surface area contributed by atoms with Crippen LogP contribution in [0.1, 0.15) is 60.1 Å². The summed E-state index contributed by atoms with van der Waals surface area (Å²) in [5.74, 6) is 1.05. The summed E-state index contributed by atoms with van der Waals surface area (Å²) >= 11 is 0. The second-order valence-corrected chi connectivity index (χ2v) is 7.53. The van der Waals surface area contributed by atoms with Gasteiger partial charge >= 0.3 is 0 Å². The molecule has 1 fully saturated rings. The quantitative estimate of drug-likeness (QED) is 0.779. The Bertz CT molecular complexity index is 781. The molecular formula is C20H31N5O2. The van der Waals surface area contributed by atoms with Crippen molar-refractivity contribution in [2.45, 2.75) is 46.1 Å². The van der Waals surface area contributed by atoms with Gasteiger partial charge in [-0.1, -0.05) is 19.0 Å². The Kier molecular flexibility index (Phi) is 5.99. The molecule has 2 aromatic heterocycles. The minimum absolute atomic E-state index is 0.00385. The molecule has 148 valence electrons. The molecule has 2 atom stereocenters. The predicted molar refractivity (Wildman–Crippen MR) is 103 cm³/mol. The van der Waals surface area contributed by atoms with Gasteiger partial charge in [-0.2, -0.15) is 5.10 Å². The Morgan fingerprint density at radius 1 is 1.41 bits per heavy atom. The minimum atomic E-state index is 0.00385. The minimum Gasteiger partial charge on any atom is -0.360 e. The maximum Gasteiger partial charge on any atom is 0.259 e. The van der Waals surface area contributed by atoms with E-state index in [1.165, 1.54) is 5.56 Å². The Morgan fingerprint density at radius 3 is 2.81 bits per heavy atom. The average molecular weight is 374 g/mol. The number of carbonyl (C=O) groups excluding carboxylic acids is 1. The van der Waals surface area contributed by atoms with Gasteiger partial charge in [0, 0.05) is 44.9 Å². The fourth-order valence-corrected chi connectivity index (χ4v) is 4.33. The Balaban J connectivity index is 1.81. The van der Waals surface area contributed by atoms with Gasteiger partial charge in [0.05, 0.1) is 11.9 Å². The largest absolute Gasteiger partial charge is 0.360 e. The third-order valence-electron chi connectivity index (χ3n) is 5.66. The first-order valence-electron chi connectivity index (χ1n) is 9.89. The Labute approximate surface area is 161 Å². The summed E-state index contributed by atoms with van der Waals surface area (Å²) in [4.78, 5) is 17.4. The number of carbonyl (C=O) groups is 1. The second-order valence-electron chi connectivity index (χ2n) is 7.53. The molecule has 1 aliphatic heterocycles. The van der Waals surface area contributed by atoms with Crippen molar-refractivity contribution < 1.29 is 9.32 Å². The van der Waals surface area contributed by atoms with Gasteiger partial charge in [-0.15, -0.1) is 0 Å². The van der Waals surface area contributed by atoms with Crippen LogP contribution in [0.25, 0.3) is 0 Å². The first kappa shape index (κ1) is 19.6. The molecule has 1 aliphatic rings. The topological polar surface area (TPSA) is 67.4 Å². The molecule has 0 bridgehead atoms. The number of piperidine rings is 1. The molecular weight excluding hydrogens is 342 g/mol. The van der Waals surface area contributed by atoms with Crippen LogP contribution in [0.15, 0.2) is 16.9 Å². The molecule has 0 aliphatic carbocycles. The zero-order valence-corrected chi connectivity index (χ0v) is 17.1. The summed E-state index contributed by atoms with van der Waals surface area (Å²) in [5, 5.41) is 8.36. The van der Waals surface area contributed by atoms with E-state index in [1.807, 2.05) is 43.7 Å². The lowest BCUT2D eigenvalue weighted by atomic mass is 9.85. The maximum atomic E-state index is 13.1. The second kappa shape index (κ2) is 8.25. The highest BCUT2D eigenvalue weighted by Gasteiger charge is 2.34. The van der Waals surface area contributed by atoms with Crippen LogP contribution in [-0.4, -0.2) is 57.3 Å². The van der Waals surface area contributed by atoms with Gasteiger partial charge in [0.1, 0.15) is 11.3 Å². The van der Waals surface area contributed by atoms with Crippen molar-refractivity contribution in [3.8, 4) is 0 Å². The molecule has 3 heterocycles. The number of amides is 1.